The average molecular weight is 297 g/mol. The van der Waals surface area contributed by atoms with Crippen LogP contribution in [0.15, 0.2) is 63.3 Å². The van der Waals surface area contributed by atoms with Crippen LogP contribution in [0.25, 0.3) is 11.1 Å². The molecule has 0 aliphatic heterocycles. The van der Waals surface area contributed by atoms with Gasteiger partial charge in [-0.25, -0.2) is 9.98 Å². The number of hydrogen-bond donors (Lipinski definition) is 3. The number of benzene rings is 1. The minimum Gasteiger partial charge on any atom is -0.410 e. The number of nitrogens with one attached hydrogen (secondary N) is 1. The number of aromatic nitrogens is 2. The van der Waals surface area contributed by atoms with Crippen LogP contribution >= 0.6 is 0 Å². The van der Waals surface area contributed by atoms with E-state index >= 15 is 0 Å². The molecule has 3 aromatic rings. The Kier molecular flexibility index (Phi) is 3.75. The second kappa shape index (κ2) is 6.02. The molecule has 0 aliphatic carbocycles. The summed E-state index contributed by atoms with van der Waals surface area (Å²) in [5.74, 6) is 0.129. The third kappa shape index (κ3) is 2.50. The molecule has 22 heavy (non-hydrogen) atoms. The van der Waals surface area contributed by atoms with Gasteiger partial charge in [0.1, 0.15) is 0 Å². The number of hydrogen-bond acceptors (Lipinski definition) is 7. The first kappa shape index (κ1) is 13.7. The Bertz CT molecular complexity index is 842. The summed E-state index contributed by atoms with van der Waals surface area (Å²) >= 11 is 0. The second-order valence-corrected chi connectivity index (χ2v) is 4.25. The largest absolute Gasteiger partial charge is 0.410 e. The van der Waals surface area contributed by atoms with Crippen LogP contribution in [-0.4, -0.2) is 32.1 Å². The number of amidine groups is 1. The normalized spacial score (nSPS) is 12.6. The summed E-state index contributed by atoms with van der Waals surface area (Å²) in [7, 11) is 0. The van der Waals surface area contributed by atoms with Crippen molar-refractivity contribution in [2.45, 2.75) is 0 Å². The smallest absolute Gasteiger partial charge is 0.260 e. The van der Waals surface area contributed by atoms with Crippen LogP contribution in [0.1, 0.15) is 5.56 Å². The lowest BCUT2D eigenvalue weighted by atomic mass is 10.1. The first-order valence-electron chi connectivity index (χ1n) is 6.30. The van der Waals surface area contributed by atoms with Crippen molar-refractivity contribution in [2.75, 3.05) is 0 Å². The molecule has 0 unspecified atom stereocenters. The van der Waals surface area contributed by atoms with E-state index in [-0.39, 0.29) is 17.4 Å². The molecule has 0 fully saturated rings. The van der Waals surface area contributed by atoms with Gasteiger partial charge in [0.2, 0.25) is 5.82 Å². The monoisotopic (exact) mass is 297 g/mol. The van der Waals surface area contributed by atoms with Crippen molar-refractivity contribution in [3.05, 3.63) is 54.2 Å². The van der Waals surface area contributed by atoms with Gasteiger partial charge < -0.3 is 9.73 Å². The van der Waals surface area contributed by atoms with E-state index in [0.717, 1.165) is 0 Å². The Morgan fingerprint density at radius 2 is 1.95 bits per heavy atom. The van der Waals surface area contributed by atoms with Crippen LogP contribution in [0.3, 0.4) is 0 Å². The van der Waals surface area contributed by atoms with Crippen LogP contribution in [0, 0.1) is 0 Å². The lowest BCUT2D eigenvalue weighted by Crippen LogP contribution is -2.29. The zero-order chi connectivity index (χ0) is 15.4. The van der Waals surface area contributed by atoms with Crippen LogP contribution in [0.4, 0.5) is 5.82 Å². The SMILES string of the molecule is ON=C(C(=Nc1noc2ncccc12)NO)c1ccccc1. The molecule has 2 aromatic heterocycles. The molecule has 0 saturated carbocycles. The molecule has 8 nitrogen and oxygen atoms in total. The van der Waals surface area contributed by atoms with Crippen LogP contribution in [-0.2, 0) is 0 Å². The van der Waals surface area contributed by atoms with Gasteiger partial charge in [-0.3, -0.25) is 10.7 Å². The molecular formula is C14H11N5O3. The molecule has 110 valence electrons. The Hall–Kier alpha value is -3.26. The number of aliphatic imine (C=N–C) groups is 1. The Balaban J connectivity index is 2.07. The molecule has 3 rings (SSSR count). The highest BCUT2D eigenvalue weighted by Crippen LogP contribution is 2.23. The van der Waals surface area contributed by atoms with Gasteiger partial charge in [0, 0.05) is 11.8 Å². The molecule has 3 N–H and O–H groups in total. The highest BCUT2D eigenvalue weighted by atomic mass is 16.5. The summed E-state index contributed by atoms with van der Waals surface area (Å²) in [5, 5.41) is 26.1. The zero-order valence-corrected chi connectivity index (χ0v) is 11.2. The Morgan fingerprint density at radius 3 is 2.68 bits per heavy atom. The summed E-state index contributed by atoms with van der Waals surface area (Å²) < 4.78 is 5.03. The summed E-state index contributed by atoms with van der Waals surface area (Å²) in [6, 6.07) is 12.2. The van der Waals surface area contributed by atoms with E-state index in [0.29, 0.717) is 16.7 Å². The predicted octanol–water partition coefficient (Wildman–Crippen LogP) is 2.11. The van der Waals surface area contributed by atoms with Crippen molar-refractivity contribution in [2.24, 2.45) is 10.1 Å². The number of fused-ring (bicyclic) bond motifs is 1. The van der Waals surface area contributed by atoms with E-state index in [1.165, 1.54) is 0 Å². The molecule has 8 heteroatoms. The van der Waals surface area contributed by atoms with Gasteiger partial charge in [-0.2, -0.15) is 0 Å². The van der Waals surface area contributed by atoms with Gasteiger partial charge >= 0.3 is 0 Å². The highest BCUT2D eigenvalue weighted by molar-refractivity contribution is 6.47. The number of oxime groups is 1. The third-order valence-corrected chi connectivity index (χ3v) is 2.93. The lowest BCUT2D eigenvalue weighted by Gasteiger charge is -2.06. The maximum absolute atomic E-state index is 9.31. The number of pyridine rings is 1. The van der Waals surface area contributed by atoms with Crippen LogP contribution < -0.4 is 5.48 Å². The van der Waals surface area contributed by atoms with Crippen molar-refractivity contribution in [3.63, 3.8) is 0 Å². The standard InChI is InChI=1S/C14H11N5O3/c20-17-11(9-5-2-1-3-6-9)13(18-21)16-12-10-7-4-8-15-14(10)22-19-12/h1-8,20-21H,(H,16,18,19). The maximum Gasteiger partial charge on any atom is 0.260 e. The molecule has 0 amide bonds. The second-order valence-electron chi connectivity index (χ2n) is 4.25. The van der Waals surface area contributed by atoms with E-state index in [1.54, 1.807) is 42.6 Å². The molecule has 2 heterocycles. The fourth-order valence-corrected chi connectivity index (χ4v) is 1.92. The van der Waals surface area contributed by atoms with Gasteiger partial charge in [0.15, 0.2) is 11.5 Å². The van der Waals surface area contributed by atoms with Crippen molar-refractivity contribution in [1.82, 2.24) is 15.6 Å². The van der Waals surface area contributed by atoms with Crippen molar-refractivity contribution in [3.8, 4) is 0 Å². The van der Waals surface area contributed by atoms with Gasteiger partial charge in [-0.05, 0) is 12.1 Å². The van der Waals surface area contributed by atoms with Gasteiger partial charge in [-0.15, -0.1) is 0 Å². The number of nitrogens with zero attached hydrogens (tertiary/aromatic N) is 4. The molecule has 0 saturated heterocycles. The summed E-state index contributed by atoms with van der Waals surface area (Å²) in [6.45, 7) is 0. The first-order chi connectivity index (χ1) is 10.8. The molecule has 0 aliphatic rings. The average Bonchev–Trinajstić information content (AvgIpc) is 2.99. The Labute approximate surface area is 124 Å². The van der Waals surface area contributed by atoms with Crippen molar-refractivity contribution >= 4 is 28.5 Å². The minimum absolute atomic E-state index is 0.0585. The predicted molar refractivity (Wildman–Crippen MR) is 78.6 cm³/mol. The topological polar surface area (TPSA) is 116 Å². The fraction of sp³-hybridized carbons (Fsp3) is 0. The lowest BCUT2D eigenvalue weighted by molar-refractivity contribution is 0.236. The van der Waals surface area contributed by atoms with Gasteiger partial charge in [-0.1, -0.05) is 40.6 Å². The summed E-state index contributed by atoms with van der Waals surface area (Å²) in [4.78, 5) is 8.13. The molecular weight excluding hydrogens is 286 g/mol. The summed E-state index contributed by atoms with van der Waals surface area (Å²) in [5.41, 5.74) is 2.86. The van der Waals surface area contributed by atoms with Gasteiger partial charge in [0.25, 0.3) is 5.71 Å². The molecule has 0 bridgehead atoms. The molecule has 0 radical (unpaired) electrons. The third-order valence-electron chi connectivity index (χ3n) is 2.93. The number of rotatable bonds is 3. The Morgan fingerprint density at radius 1 is 1.14 bits per heavy atom. The molecule has 1 aromatic carbocycles. The maximum atomic E-state index is 9.31. The molecule has 0 spiro atoms. The van der Waals surface area contributed by atoms with Crippen LogP contribution in [0.2, 0.25) is 0 Å². The zero-order valence-electron chi connectivity index (χ0n) is 11.2. The van der Waals surface area contributed by atoms with Gasteiger partial charge in [0.05, 0.1) is 5.39 Å². The first-order valence-corrected chi connectivity index (χ1v) is 6.30. The van der Waals surface area contributed by atoms with E-state index in [9.17, 15) is 10.4 Å². The fourth-order valence-electron chi connectivity index (χ4n) is 1.92. The van der Waals surface area contributed by atoms with Crippen molar-refractivity contribution < 1.29 is 14.9 Å². The van der Waals surface area contributed by atoms with E-state index in [1.807, 2.05) is 11.5 Å². The molecule has 0 atom stereocenters. The highest BCUT2D eigenvalue weighted by Gasteiger charge is 2.15. The summed E-state index contributed by atoms with van der Waals surface area (Å²) in [6.07, 6.45) is 1.57. The van der Waals surface area contributed by atoms with Crippen LogP contribution in [0.5, 0.6) is 0 Å². The van der Waals surface area contributed by atoms with Crippen molar-refractivity contribution in [1.29, 1.82) is 0 Å². The minimum atomic E-state index is -0.0762. The van der Waals surface area contributed by atoms with E-state index in [4.69, 9.17) is 4.52 Å². The van der Waals surface area contributed by atoms with E-state index in [2.05, 4.69) is 20.3 Å². The van der Waals surface area contributed by atoms with E-state index < -0.39 is 0 Å². The number of hydroxylamine groups is 1. The quantitative estimate of drug-likeness (QED) is 0.295.